The second kappa shape index (κ2) is 3.42. The van der Waals surface area contributed by atoms with Gasteiger partial charge < -0.3 is 4.57 Å². The minimum absolute atomic E-state index is 0.996. The zero-order valence-corrected chi connectivity index (χ0v) is 7.46. The summed E-state index contributed by atoms with van der Waals surface area (Å²) in [6.45, 7) is 7.34. The van der Waals surface area contributed by atoms with Gasteiger partial charge in [0.1, 0.15) is 0 Å². The van der Waals surface area contributed by atoms with Gasteiger partial charge in [0.15, 0.2) is 0 Å². The molecule has 0 saturated heterocycles. The summed E-state index contributed by atoms with van der Waals surface area (Å²) in [7, 11) is 0. The molecule has 0 aromatic carbocycles. The smallest absolute Gasteiger partial charge is 0.0402 e. The molecule has 0 unspecified atom stereocenters. The number of aryl methyl sites for hydroxylation is 1. The molecule has 0 N–H and O–H groups in total. The van der Waals surface area contributed by atoms with Crippen LogP contribution in [0, 0.1) is 13.8 Å². The molecule has 1 nitrogen and oxygen atoms in total. The molecule has 60 valence electrons. The molecule has 0 aliphatic rings. The zero-order valence-electron chi connectivity index (χ0n) is 7.46. The summed E-state index contributed by atoms with van der Waals surface area (Å²) in [6, 6.07) is 2.15. The summed E-state index contributed by atoms with van der Waals surface area (Å²) in [5, 5.41) is 0. The van der Waals surface area contributed by atoms with Crippen molar-refractivity contribution in [3.63, 3.8) is 0 Å². The lowest BCUT2D eigenvalue weighted by Crippen LogP contribution is -1.95. The second-order valence-electron chi connectivity index (χ2n) is 2.81. The van der Waals surface area contributed by atoms with Gasteiger partial charge >= 0.3 is 0 Å². The summed E-state index contributed by atoms with van der Waals surface area (Å²) in [6.07, 6.45) is 6.37. The Morgan fingerprint density at radius 3 is 2.64 bits per heavy atom. The number of hydrogen-bond acceptors (Lipinski definition) is 0. The minimum atomic E-state index is 0.996. The van der Waals surface area contributed by atoms with Gasteiger partial charge in [-0.2, -0.15) is 0 Å². The molecule has 0 radical (unpaired) electrons. The number of nitrogens with zero attached hydrogens (tertiary/aromatic N) is 1. The quantitative estimate of drug-likeness (QED) is 0.570. The normalized spacial score (nSPS) is 11.2. The fourth-order valence-electron chi connectivity index (χ4n) is 1.08. The van der Waals surface area contributed by atoms with Crippen LogP contribution < -0.4 is 0 Å². The Hall–Kier alpha value is -0.980. The van der Waals surface area contributed by atoms with Gasteiger partial charge in [-0.15, -0.1) is 0 Å². The van der Waals surface area contributed by atoms with Crippen molar-refractivity contribution in [2.24, 2.45) is 0 Å². The summed E-state index contributed by atoms with van der Waals surface area (Å²) in [5.41, 5.74) is 2.73. The Kier molecular flexibility index (Phi) is 2.53. The average molecular weight is 149 g/mol. The molecule has 1 heterocycles. The molecule has 0 aliphatic carbocycles. The van der Waals surface area contributed by atoms with Crippen LogP contribution in [0.25, 0.3) is 0 Å². The third-order valence-electron chi connectivity index (χ3n) is 2.04. The Morgan fingerprint density at radius 2 is 2.18 bits per heavy atom. The van der Waals surface area contributed by atoms with E-state index in [9.17, 15) is 0 Å². The topological polar surface area (TPSA) is 4.93 Å². The first-order chi connectivity index (χ1) is 5.25. The second-order valence-corrected chi connectivity index (χ2v) is 2.81. The van der Waals surface area contributed by atoms with E-state index in [4.69, 9.17) is 0 Å². The summed E-state index contributed by atoms with van der Waals surface area (Å²) in [5.74, 6) is 0. The van der Waals surface area contributed by atoms with E-state index in [0.29, 0.717) is 0 Å². The van der Waals surface area contributed by atoms with Gasteiger partial charge in [-0.25, -0.2) is 0 Å². The Balaban J connectivity index is 2.78. The lowest BCUT2D eigenvalue weighted by molar-refractivity contribution is 0.793. The standard InChI is InChI=1S/C10H15N/c1-4-5-7-11-8-6-9(2)10(11)3/h4-6,8H,7H2,1-3H3/b5-4+. The van der Waals surface area contributed by atoms with E-state index < -0.39 is 0 Å². The summed E-state index contributed by atoms with van der Waals surface area (Å²) >= 11 is 0. The van der Waals surface area contributed by atoms with E-state index in [2.05, 4.69) is 42.8 Å². The fourth-order valence-corrected chi connectivity index (χ4v) is 1.08. The molecule has 0 bridgehead atoms. The highest BCUT2D eigenvalue weighted by Crippen LogP contribution is 2.07. The van der Waals surface area contributed by atoms with E-state index in [1.54, 1.807) is 0 Å². The number of aromatic nitrogens is 1. The van der Waals surface area contributed by atoms with Crippen LogP contribution >= 0.6 is 0 Å². The molecule has 0 aliphatic heterocycles. The van der Waals surface area contributed by atoms with Crippen LogP contribution in [-0.2, 0) is 6.54 Å². The highest BCUT2D eigenvalue weighted by Gasteiger charge is 1.96. The van der Waals surface area contributed by atoms with Gasteiger partial charge in [-0.1, -0.05) is 12.2 Å². The molecule has 1 heteroatoms. The molecular formula is C10H15N. The highest BCUT2D eigenvalue weighted by atomic mass is 15.0. The Morgan fingerprint density at radius 1 is 1.45 bits per heavy atom. The molecular weight excluding hydrogens is 134 g/mol. The van der Waals surface area contributed by atoms with Crippen LogP contribution in [-0.4, -0.2) is 4.57 Å². The van der Waals surface area contributed by atoms with Crippen LogP contribution in [0.2, 0.25) is 0 Å². The molecule has 0 amide bonds. The molecule has 1 aromatic rings. The van der Waals surface area contributed by atoms with Crippen molar-refractivity contribution >= 4 is 0 Å². The predicted molar refractivity (Wildman–Crippen MR) is 48.7 cm³/mol. The highest BCUT2D eigenvalue weighted by molar-refractivity contribution is 5.19. The van der Waals surface area contributed by atoms with Gasteiger partial charge in [0.05, 0.1) is 0 Å². The van der Waals surface area contributed by atoms with Crippen molar-refractivity contribution < 1.29 is 0 Å². The van der Waals surface area contributed by atoms with Crippen molar-refractivity contribution in [3.8, 4) is 0 Å². The molecule has 1 aromatic heterocycles. The van der Waals surface area contributed by atoms with Crippen LogP contribution in [0.1, 0.15) is 18.2 Å². The van der Waals surface area contributed by atoms with Gasteiger partial charge in [-0.05, 0) is 32.4 Å². The maximum absolute atomic E-state index is 2.25. The lowest BCUT2D eigenvalue weighted by Gasteiger charge is -2.01. The van der Waals surface area contributed by atoms with Crippen LogP contribution in [0.4, 0.5) is 0 Å². The fraction of sp³-hybridized carbons (Fsp3) is 0.400. The SMILES string of the molecule is C/C=C/Cn1ccc(C)c1C. The summed E-state index contributed by atoms with van der Waals surface area (Å²) < 4.78 is 2.25. The van der Waals surface area contributed by atoms with E-state index in [0.717, 1.165) is 6.54 Å². The van der Waals surface area contributed by atoms with Crippen molar-refractivity contribution in [2.45, 2.75) is 27.3 Å². The molecule has 0 fully saturated rings. The van der Waals surface area contributed by atoms with Gasteiger partial charge in [0.25, 0.3) is 0 Å². The van der Waals surface area contributed by atoms with Crippen LogP contribution in [0.3, 0.4) is 0 Å². The Bertz CT molecular complexity index is 256. The third-order valence-corrected chi connectivity index (χ3v) is 2.04. The third kappa shape index (κ3) is 1.73. The molecule has 0 atom stereocenters. The Labute approximate surface area is 68.4 Å². The monoisotopic (exact) mass is 149 g/mol. The molecule has 1 rings (SSSR count). The van der Waals surface area contributed by atoms with Crippen molar-refractivity contribution in [1.82, 2.24) is 4.57 Å². The van der Waals surface area contributed by atoms with Crippen molar-refractivity contribution in [2.75, 3.05) is 0 Å². The van der Waals surface area contributed by atoms with Gasteiger partial charge in [0, 0.05) is 18.4 Å². The molecule has 0 saturated carbocycles. The van der Waals surface area contributed by atoms with Gasteiger partial charge in [0.2, 0.25) is 0 Å². The molecule has 11 heavy (non-hydrogen) atoms. The molecule has 0 spiro atoms. The van der Waals surface area contributed by atoms with Gasteiger partial charge in [-0.3, -0.25) is 0 Å². The largest absolute Gasteiger partial charge is 0.348 e. The van der Waals surface area contributed by atoms with Crippen molar-refractivity contribution in [1.29, 1.82) is 0 Å². The first-order valence-corrected chi connectivity index (χ1v) is 3.99. The lowest BCUT2D eigenvalue weighted by atomic mass is 10.3. The van der Waals surface area contributed by atoms with Crippen LogP contribution in [0.15, 0.2) is 24.4 Å². The average Bonchev–Trinajstić information content (AvgIpc) is 2.31. The number of allylic oxidation sites excluding steroid dienone is 2. The van der Waals surface area contributed by atoms with Crippen molar-refractivity contribution in [3.05, 3.63) is 35.7 Å². The number of hydrogen-bond donors (Lipinski definition) is 0. The first kappa shape index (κ1) is 8.12. The van der Waals surface area contributed by atoms with E-state index in [1.807, 2.05) is 6.92 Å². The minimum Gasteiger partial charge on any atom is -0.348 e. The first-order valence-electron chi connectivity index (χ1n) is 3.99. The predicted octanol–water partition coefficient (Wildman–Crippen LogP) is 2.68. The maximum Gasteiger partial charge on any atom is 0.0402 e. The summed E-state index contributed by atoms with van der Waals surface area (Å²) in [4.78, 5) is 0. The van der Waals surface area contributed by atoms with Crippen LogP contribution in [0.5, 0.6) is 0 Å². The van der Waals surface area contributed by atoms with E-state index in [-0.39, 0.29) is 0 Å². The van der Waals surface area contributed by atoms with E-state index >= 15 is 0 Å². The zero-order chi connectivity index (χ0) is 8.27. The maximum atomic E-state index is 2.25. The number of rotatable bonds is 2. The van der Waals surface area contributed by atoms with E-state index in [1.165, 1.54) is 11.3 Å².